The molecule has 2 atom stereocenters. The van der Waals surface area contributed by atoms with Crippen molar-refractivity contribution >= 4 is 16.8 Å². The van der Waals surface area contributed by atoms with Gasteiger partial charge in [-0.3, -0.25) is 4.79 Å². The first-order valence-electron chi connectivity index (χ1n) is 7.66. The van der Waals surface area contributed by atoms with E-state index in [1.807, 2.05) is 35.0 Å². The van der Waals surface area contributed by atoms with Crippen LogP contribution in [-0.4, -0.2) is 36.8 Å². The first-order valence-corrected chi connectivity index (χ1v) is 7.66. The van der Waals surface area contributed by atoms with Gasteiger partial charge in [0.15, 0.2) is 0 Å². The summed E-state index contributed by atoms with van der Waals surface area (Å²) in [4.78, 5) is 12.3. The van der Waals surface area contributed by atoms with E-state index in [1.54, 1.807) is 14.2 Å². The van der Waals surface area contributed by atoms with Gasteiger partial charge in [-0.2, -0.15) is 0 Å². The van der Waals surface area contributed by atoms with Crippen molar-refractivity contribution < 1.29 is 14.3 Å². The SMILES string of the molecule is COc1ccc2c(ccn2CC(=O)N[C@H]2CCC[C@H]2OC)c1. The van der Waals surface area contributed by atoms with Crippen molar-refractivity contribution in [2.24, 2.45) is 0 Å². The summed E-state index contributed by atoms with van der Waals surface area (Å²) >= 11 is 0. The summed E-state index contributed by atoms with van der Waals surface area (Å²) in [5.41, 5.74) is 1.03. The number of hydrogen-bond acceptors (Lipinski definition) is 3. The van der Waals surface area contributed by atoms with Crippen LogP contribution in [0.15, 0.2) is 30.5 Å². The topological polar surface area (TPSA) is 52.5 Å². The number of ether oxygens (including phenoxy) is 2. The highest BCUT2D eigenvalue weighted by Crippen LogP contribution is 2.23. The van der Waals surface area contributed by atoms with Crippen molar-refractivity contribution in [3.63, 3.8) is 0 Å². The van der Waals surface area contributed by atoms with Gasteiger partial charge in [-0.25, -0.2) is 0 Å². The Bertz CT molecular complexity index is 665. The number of carbonyl (C=O) groups excluding carboxylic acids is 1. The standard InChI is InChI=1S/C17H22N2O3/c1-21-13-6-7-15-12(10-13)8-9-19(15)11-17(20)18-14-4-3-5-16(14)22-2/h6-10,14,16H,3-5,11H2,1-2H3,(H,18,20)/t14-,16+/m0/s1. The predicted molar refractivity (Wildman–Crippen MR) is 85.1 cm³/mol. The average Bonchev–Trinajstić information content (AvgIpc) is 3.13. The van der Waals surface area contributed by atoms with Gasteiger partial charge >= 0.3 is 0 Å². The van der Waals surface area contributed by atoms with Gasteiger partial charge in [0.25, 0.3) is 0 Å². The zero-order valence-electron chi connectivity index (χ0n) is 13.0. The molecule has 1 aromatic carbocycles. The van der Waals surface area contributed by atoms with Crippen LogP contribution >= 0.6 is 0 Å². The fourth-order valence-electron chi connectivity index (χ4n) is 3.22. The van der Waals surface area contributed by atoms with Crippen molar-refractivity contribution in [3.8, 4) is 5.75 Å². The Hall–Kier alpha value is -2.01. The van der Waals surface area contributed by atoms with Crippen LogP contribution in [0.1, 0.15) is 19.3 Å². The van der Waals surface area contributed by atoms with Gasteiger partial charge < -0.3 is 19.4 Å². The number of aromatic nitrogens is 1. The molecule has 5 heteroatoms. The van der Waals surface area contributed by atoms with E-state index in [0.29, 0.717) is 6.54 Å². The average molecular weight is 302 g/mol. The van der Waals surface area contributed by atoms with Crippen LogP contribution in [0.4, 0.5) is 0 Å². The van der Waals surface area contributed by atoms with Crippen molar-refractivity contribution in [2.45, 2.75) is 38.0 Å². The van der Waals surface area contributed by atoms with E-state index < -0.39 is 0 Å². The maximum atomic E-state index is 12.3. The van der Waals surface area contributed by atoms with Crippen LogP contribution < -0.4 is 10.1 Å². The van der Waals surface area contributed by atoms with Crippen molar-refractivity contribution in [3.05, 3.63) is 30.5 Å². The number of amides is 1. The molecule has 1 amide bonds. The van der Waals surface area contributed by atoms with Gasteiger partial charge in [0, 0.05) is 24.2 Å². The highest BCUT2D eigenvalue weighted by Gasteiger charge is 2.28. The molecule has 2 aromatic rings. The zero-order chi connectivity index (χ0) is 15.5. The smallest absolute Gasteiger partial charge is 0.240 e. The van der Waals surface area contributed by atoms with E-state index in [4.69, 9.17) is 9.47 Å². The summed E-state index contributed by atoms with van der Waals surface area (Å²) < 4.78 is 12.6. The summed E-state index contributed by atoms with van der Waals surface area (Å²) in [5.74, 6) is 0.853. The van der Waals surface area contributed by atoms with Gasteiger partial charge in [-0.1, -0.05) is 0 Å². The monoisotopic (exact) mass is 302 g/mol. The van der Waals surface area contributed by atoms with E-state index in [9.17, 15) is 4.79 Å². The molecule has 1 aromatic heterocycles. The molecule has 1 aliphatic carbocycles. The molecule has 0 spiro atoms. The lowest BCUT2D eigenvalue weighted by Crippen LogP contribution is -2.42. The Morgan fingerprint density at radius 3 is 2.95 bits per heavy atom. The summed E-state index contributed by atoms with van der Waals surface area (Å²) in [6.07, 6.45) is 5.21. The molecule has 0 aliphatic heterocycles. The Morgan fingerprint density at radius 1 is 1.32 bits per heavy atom. The van der Waals surface area contributed by atoms with Crippen LogP contribution in [0.5, 0.6) is 5.75 Å². The first-order chi connectivity index (χ1) is 10.7. The van der Waals surface area contributed by atoms with E-state index >= 15 is 0 Å². The van der Waals surface area contributed by atoms with Gasteiger partial charge in [0.2, 0.25) is 5.91 Å². The molecule has 1 fully saturated rings. The third-order valence-electron chi connectivity index (χ3n) is 4.39. The minimum absolute atomic E-state index is 0.0299. The van der Waals surface area contributed by atoms with Crippen LogP contribution in [0.3, 0.4) is 0 Å². The van der Waals surface area contributed by atoms with Gasteiger partial charge in [-0.05, 0) is 43.5 Å². The van der Waals surface area contributed by atoms with Crippen LogP contribution in [0.2, 0.25) is 0 Å². The van der Waals surface area contributed by atoms with Gasteiger partial charge in [0.1, 0.15) is 12.3 Å². The predicted octanol–water partition coefficient (Wildman–Crippen LogP) is 2.33. The second-order valence-corrected chi connectivity index (χ2v) is 5.75. The lowest BCUT2D eigenvalue weighted by atomic mass is 10.2. The molecule has 0 bridgehead atoms. The largest absolute Gasteiger partial charge is 0.497 e. The van der Waals surface area contributed by atoms with E-state index in [2.05, 4.69) is 5.32 Å². The lowest BCUT2D eigenvalue weighted by Gasteiger charge is -2.19. The van der Waals surface area contributed by atoms with Crippen LogP contribution in [0.25, 0.3) is 10.9 Å². The molecule has 1 N–H and O–H groups in total. The zero-order valence-corrected chi connectivity index (χ0v) is 13.0. The fraction of sp³-hybridized carbons (Fsp3) is 0.471. The van der Waals surface area contributed by atoms with E-state index in [-0.39, 0.29) is 18.1 Å². The molecular formula is C17H22N2O3. The molecule has 3 rings (SSSR count). The lowest BCUT2D eigenvalue weighted by molar-refractivity contribution is -0.123. The maximum Gasteiger partial charge on any atom is 0.240 e. The van der Waals surface area contributed by atoms with E-state index in [1.165, 1.54) is 0 Å². The molecule has 0 unspecified atom stereocenters. The number of hydrogen-bond donors (Lipinski definition) is 1. The number of benzene rings is 1. The first kappa shape index (κ1) is 14.9. The molecule has 1 aliphatic rings. The highest BCUT2D eigenvalue weighted by molar-refractivity contribution is 5.84. The summed E-state index contributed by atoms with van der Waals surface area (Å²) in [6.45, 7) is 0.322. The summed E-state index contributed by atoms with van der Waals surface area (Å²) in [5, 5.41) is 4.17. The fourth-order valence-corrected chi connectivity index (χ4v) is 3.22. The normalized spacial score (nSPS) is 21.2. The number of rotatable bonds is 5. The van der Waals surface area contributed by atoms with Crippen molar-refractivity contribution in [1.82, 2.24) is 9.88 Å². The Morgan fingerprint density at radius 2 is 2.18 bits per heavy atom. The number of nitrogens with one attached hydrogen (secondary N) is 1. The third-order valence-corrected chi connectivity index (χ3v) is 4.39. The second-order valence-electron chi connectivity index (χ2n) is 5.75. The summed E-state index contributed by atoms with van der Waals surface area (Å²) in [7, 11) is 3.36. The maximum absolute atomic E-state index is 12.3. The molecule has 118 valence electrons. The van der Waals surface area contributed by atoms with Crippen molar-refractivity contribution in [1.29, 1.82) is 0 Å². The second kappa shape index (κ2) is 6.40. The number of fused-ring (bicyclic) bond motifs is 1. The third kappa shape index (κ3) is 2.95. The van der Waals surface area contributed by atoms with Gasteiger partial charge in [0.05, 0.1) is 19.3 Å². The Kier molecular flexibility index (Phi) is 4.34. The Labute approximate surface area is 130 Å². The molecule has 1 saturated carbocycles. The minimum atomic E-state index is 0.0299. The highest BCUT2D eigenvalue weighted by atomic mass is 16.5. The van der Waals surface area contributed by atoms with Gasteiger partial charge in [-0.15, -0.1) is 0 Å². The van der Waals surface area contributed by atoms with Crippen LogP contribution in [-0.2, 0) is 16.1 Å². The Balaban J connectivity index is 1.69. The molecule has 5 nitrogen and oxygen atoms in total. The van der Waals surface area contributed by atoms with Crippen molar-refractivity contribution in [2.75, 3.05) is 14.2 Å². The summed E-state index contributed by atoms with van der Waals surface area (Å²) in [6, 6.07) is 8.00. The minimum Gasteiger partial charge on any atom is -0.497 e. The number of methoxy groups -OCH3 is 2. The number of nitrogens with zero attached hydrogens (tertiary/aromatic N) is 1. The van der Waals surface area contributed by atoms with E-state index in [0.717, 1.165) is 35.9 Å². The quantitative estimate of drug-likeness (QED) is 0.922. The molecule has 0 radical (unpaired) electrons. The van der Waals surface area contributed by atoms with Crippen LogP contribution in [0, 0.1) is 0 Å². The molecule has 1 heterocycles. The number of carbonyl (C=O) groups is 1. The molecule has 0 saturated heterocycles. The molecule has 22 heavy (non-hydrogen) atoms. The molecular weight excluding hydrogens is 280 g/mol.